The summed E-state index contributed by atoms with van der Waals surface area (Å²) in [6, 6.07) is 11.2. The molecule has 1 unspecified atom stereocenters. The van der Waals surface area contributed by atoms with E-state index in [1.807, 2.05) is 6.92 Å². The van der Waals surface area contributed by atoms with Gasteiger partial charge in [0, 0.05) is 18.0 Å². The topological polar surface area (TPSA) is 131 Å². The first-order chi connectivity index (χ1) is 17.4. The number of nitrogens with zero attached hydrogens (tertiary/aromatic N) is 4. The van der Waals surface area contributed by atoms with Crippen molar-refractivity contribution in [1.29, 1.82) is 0 Å². The third-order valence-corrected chi connectivity index (χ3v) is 5.51. The summed E-state index contributed by atoms with van der Waals surface area (Å²) in [5.41, 5.74) is 2.25. The highest BCUT2D eigenvalue weighted by atomic mass is 35.5. The number of benzene rings is 2. The highest BCUT2D eigenvalue weighted by molar-refractivity contribution is 6.30. The lowest BCUT2D eigenvalue weighted by Gasteiger charge is -2.19. The number of carbonyl (C=O) groups excluding carboxylic acids is 3. The van der Waals surface area contributed by atoms with Gasteiger partial charge in [-0.2, -0.15) is 0 Å². The van der Waals surface area contributed by atoms with Crippen molar-refractivity contribution in [2.75, 3.05) is 11.9 Å². The van der Waals surface area contributed by atoms with Crippen molar-refractivity contribution in [3.05, 3.63) is 77.6 Å². The van der Waals surface area contributed by atoms with Crippen molar-refractivity contribution in [3.8, 4) is 5.69 Å². The van der Waals surface area contributed by atoms with Crippen molar-refractivity contribution in [1.82, 2.24) is 30.8 Å². The summed E-state index contributed by atoms with van der Waals surface area (Å²) in [4.78, 5) is 37.9. The monoisotopic (exact) mass is 509 g/mol. The number of para-hydroxylation sites is 1. The van der Waals surface area contributed by atoms with Gasteiger partial charge in [-0.05, 0) is 65.6 Å². The van der Waals surface area contributed by atoms with Gasteiger partial charge < -0.3 is 16.0 Å². The zero-order valence-corrected chi connectivity index (χ0v) is 20.7. The lowest BCUT2D eigenvalue weighted by Crippen LogP contribution is -2.47. The first-order valence-corrected chi connectivity index (χ1v) is 11.9. The largest absolute Gasteiger partial charge is 0.354 e. The van der Waals surface area contributed by atoms with Crippen LogP contribution in [-0.4, -0.2) is 50.5 Å². The fraction of sp³-hybridized carbons (Fsp3) is 0.280. The number of anilines is 1. The lowest BCUT2D eigenvalue weighted by molar-refractivity contribution is -0.122. The average molecular weight is 510 g/mol. The number of carbonyl (C=O) groups is 3. The standard InChI is InChI=1S/C25H28ClN7O3/c1-3-7-21(30-24(35)19-9-5-6-10-20(19)29-23(34)8-4-2)25(36)27-14-13-17-15-18(26)11-12-22(17)33-16-28-31-32-33/h3,5-6,9-12,15-16,21H,1,4,7-8,13-14H2,2H3,(H,27,36)(H,29,34)(H,30,35). The van der Waals surface area contributed by atoms with Gasteiger partial charge in [0.2, 0.25) is 11.8 Å². The SMILES string of the molecule is C=CCC(NC(=O)c1ccccc1NC(=O)CCC)C(=O)NCCc1cc(Cl)ccc1-n1cnnn1. The van der Waals surface area contributed by atoms with Gasteiger partial charge in [-0.3, -0.25) is 14.4 Å². The highest BCUT2D eigenvalue weighted by Gasteiger charge is 2.22. The molecule has 0 radical (unpaired) electrons. The molecule has 0 aliphatic rings. The van der Waals surface area contributed by atoms with E-state index in [4.69, 9.17) is 11.6 Å². The number of tetrazole rings is 1. The Bertz CT molecular complexity index is 1210. The number of aromatic nitrogens is 4. The molecule has 0 aliphatic carbocycles. The van der Waals surface area contributed by atoms with E-state index in [1.54, 1.807) is 48.5 Å². The Hall–Kier alpha value is -4.05. The van der Waals surface area contributed by atoms with E-state index < -0.39 is 11.9 Å². The van der Waals surface area contributed by atoms with Gasteiger partial charge in [0.1, 0.15) is 12.4 Å². The molecule has 0 fully saturated rings. The maximum absolute atomic E-state index is 13.0. The third kappa shape index (κ3) is 7.22. The van der Waals surface area contributed by atoms with Crippen molar-refractivity contribution in [2.45, 2.75) is 38.6 Å². The molecule has 0 saturated heterocycles. The van der Waals surface area contributed by atoms with E-state index in [1.165, 1.54) is 11.0 Å². The quantitative estimate of drug-likeness (QED) is 0.321. The van der Waals surface area contributed by atoms with Crippen LogP contribution in [0.3, 0.4) is 0 Å². The molecular formula is C25H28ClN7O3. The van der Waals surface area contributed by atoms with E-state index in [9.17, 15) is 14.4 Å². The summed E-state index contributed by atoms with van der Waals surface area (Å²) in [6.07, 6.45) is 4.76. The average Bonchev–Trinajstić information content (AvgIpc) is 3.39. The van der Waals surface area contributed by atoms with Crippen LogP contribution in [0.2, 0.25) is 5.02 Å². The molecule has 0 bridgehead atoms. The maximum atomic E-state index is 13.0. The molecule has 2 aromatic carbocycles. The van der Waals surface area contributed by atoms with Crippen LogP contribution in [0.1, 0.15) is 42.1 Å². The Morgan fingerprint density at radius 2 is 2.00 bits per heavy atom. The summed E-state index contributed by atoms with van der Waals surface area (Å²) in [6.45, 7) is 5.89. The van der Waals surface area contributed by atoms with Crippen molar-refractivity contribution >= 4 is 35.0 Å². The van der Waals surface area contributed by atoms with Crippen LogP contribution >= 0.6 is 11.6 Å². The summed E-state index contributed by atoms with van der Waals surface area (Å²) in [5, 5.41) is 20.1. The number of hydrogen-bond donors (Lipinski definition) is 3. The van der Waals surface area contributed by atoms with Crippen LogP contribution < -0.4 is 16.0 Å². The number of nitrogens with one attached hydrogen (secondary N) is 3. The smallest absolute Gasteiger partial charge is 0.254 e. The molecule has 11 heteroatoms. The van der Waals surface area contributed by atoms with E-state index in [0.717, 1.165) is 11.3 Å². The summed E-state index contributed by atoms with van der Waals surface area (Å²) >= 11 is 6.16. The second-order valence-electron chi connectivity index (χ2n) is 7.96. The summed E-state index contributed by atoms with van der Waals surface area (Å²) < 4.78 is 1.52. The van der Waals surface area contributed by atoms with Crippen LogP contribution in [0.5, 0.6) is 0 Å². The molecule has 36 heavy (non-hydrogen) atoms. The van der Waals surface area contributed by atoms with E-state index in [2.05, 4.69) is 38.1 Å². The van der Waals surface area contributed by atoms with Crippen LogP contribution in [0, 0.1) is 0 Å². The van der Waals surface area contributed by atoms with Gasteiger partial charge in [-0.25, -0.2) is 4.68 Å². The minimum atomic E-state index is -0.840. The summed E-state index contributed by atoms with van der Waals surface area (Å²) in [5.74, 6) is -1.01. The zero-order chi connectivity index (χ0) is 25.9. The predicted molar refractivity (Wildman–Crippen MR) is 137 cm³/mol. The van der Waals surface area contributed by atoms with Gasteiger partial charge in [-0.15, -0.1) is 11.7 Å². The number of rotatable bonds is 12. The molecule has 3 amide bonds. The maximum Gasteiger partial charge on any atom is 0.254 e. The van der Waals surface area contributed by atoms with Crippen LogP contribution in [0.25, 0.3) is 5.69 Å². The molecule has 1 atom stereocenters. The van der Waals surface area contributed by atoms with Crippen LogP contribution in [-0.2, 0) is 16.0 Å². The fourth-order valence-corrected chi connectivity index (χ4v) is 3.75. The normalized spacial score (nSPS) is 11.4. The van der Waals surface area contributed by atoms with Crippen LogP contribution in [0.4, 0.5) is 5.69 Å². The van der Waals surface area contributed by atoms with Crippen molar-refractivity contribution in [2.24, 2.45) is 0 Å². The van der Waals surface area contributed by atoms with E-state index in [-0.39, 0.29) is 23.8 Å². The Kier molecular flexibility index (Phi) is 9.70. The van der Waals surface area contributed by atoms with Crippen LogP contribution in [0.15, 0.2) is 61.4 Å². The minimum absolute atomic E-state index is 0.180. The lowest BCUT2D eigenvalue weighted by atomic mass is 10.1. The first-order valence-electron chi connectivity index (χ1n) is 11.5. The third-order valence-electron chi connectivity index (χ3n) is 5.28. The second-order valence-corrected chi connectivity index (χ2v) is 8.40. The Morgan fingerprint density at radius 1 is 1.19 bits per heavy atom. The molecule has 3 aromatic rings. The molecule has 10 nitrogen and oxygen atoms in total. The van der Waals surface area contributed by atoms with E-state index in [0.29, 0.717) is 36.5 Å². The number of amides is 3. The number of halogens is 1. The fourth-order valence-electron chi connectivity index (χ4n) is 3.56. The predicted octanol–water partition coefficient (Wildman–Crippen LogP) is 3.09. The van der Waals surface area contributed by atoms with Gasteiger partial charge >= 0.3 is 0 Å². The molecular weight excluding hydrogens is 482 g/mol. The molecule has 3 N–H and O–H groups in total. The highest BCUT2D eigenvalue weighted by Crippen LogP contribution is 2.19. The van der Waals surface area contributed by atoms with Gasteiger partial charge in [0.15, 0.2) is 0 Å². The Labute approximate surface area is 214 Å². The molecule has 0 saturated carbocycles. The Morgan fingerprint density at radius 3 is 2.72 bits per heavy atom. The molecule has 1 aromatic heterocycles. The van der Waals surface area contributed by atoms with Gasteiger partial charge in [0.25, 0.3) is 5.91 Å². The minimum Gasteiger partial charge on any atom is -0.354 e. The molecule has 188 valence electrons. The number of hydrogen-bond acceptors (Lipinski definition) is 6. The molecule has 0 spiro atoms. The molecule has 1 heterocycles. The first kappa shape index (κ1) is 26.6. The Balaban J connectivity index is 1.65. The van der Waals surface area contributed by atoms with Gasteiger partial charge in [-0.1, -0.05) is 36.7 Å². The van der Waals surface area contributed by atoms with E-state index >= 15 is 0 Å². The van der Waals surface area contributed by atoms with Crippen molar-refractivity contribution < 1.29 is 14.4 Å². The van der Waals surface area contributed by atoms with Gasteiger partial charge in [0.05, 0.1) is 16.9 Å². The molecule has 3 rings (SSSR count). The summed E-state index contributed by atoms with van der Waals surface area (Å²) in [7, 11) is 0. The van der Waals surface area contributed by atoms with Crippen molar-refractivity contribution in [3.63, 3.8) is 0 Å². The zero-order valence-electron chi connectivity index (χ0n) is 19.9. The molecule has 0 aliphatic heterocycles. The second kappa shape index (κ2) is 13.1.